The summed E-state index contributed by atoms with van der Waals surface area (Å²) in [6.45, 7) is 9.33. The molecule has 0 spiro atoms. The third-order valence-electron chi connectivity index (χ3n) is 10.8. The zero-order valence-corrected chi connectivity index (χ0v) is 39.8. The standard InChI is InChI=1S/2C20H26ClN5O5S/c2*1-5-11-8-13(22-17(11)21)18(27)23-12-6-7-26(9-14(12)30-3)20-24-15(19(28)29)16(32-20)10(2)25-31-4/h2*12,14H,5-9H2,1-4H3,(H,23,27)(H,28,29)/b25-10+;25-10-/t2*12-,14+/m11/s1. The lowest BCUT2D eigenvalue weighted by atomic mass is 10.0. The molecule has 0 bridgehead atoms. The number of carboxylic acids is 2. The second kappa shape index (κ2) is 22.8. The SMILES string of the molecule is CCC1=C(Cl)N=C(C(=O)N[C@@H]2CCN(c3nc(C(=O)O)c(/C(C)=N/OC)s3)C[C@@H]2OC)C1.CCC1=C(Cl)N=C(C(=O)N[C@@H]2CCN(c3nc(C(=O)O)c(/C(C)=N\OC)s3)C[C@@H]2OC)C1. The molecular formula is C40H52Cl2N10O10S2. The van der Waals surface area contributed by atoms with Crippen LogP contribution in [0, 0.1) is 0 Å². The molecule has 4 atom stereocenters. The smallest absolute Gasteiger partial charge is 0.356 e. The minimum atomic E-state index is -1.13. The van der Waals surface area contributed by atoms with E-state index >= 15 is 0 Å². The van der Waals surface area contributed by atoms with Gasteiger partial charge in [0, 0.05) is 53.2 Å². The number of aliphatic imine (C=N–C) groups is 2. The normalized spacial score (nSPS) is 21.6. The molecule has 0 unspecified atom stereocenters. The summed E-state index contributed by atoms with van der Waals surface area (Å²) in [5.41, 5.74) is 3.48. The van der Waals surface area contributed by atoms with Crippen molar-refractivity contribution in [1.29, 1.82) is 0 Å². The van der Waals surface area contributed by atoms with Gasteiger partial charge in [0.1, 0.15) is 36.0 Å². The number of allylic oxidation sites excluding steroid dienone is 2. The highest BCUT2D eigenvalue weighted by Gasteiger charge is 2.36. The van der Waals surface area contributed by atoms with Gasteiger partial charge in [0.05, 0.1) is 45.5 Å². The predicted octanol–water partition coefficient (Wildman–Crippen LogP) is 5.25. The lowest BCUT2D eigenvalue weighted by Crippen LogP contribution is -2.55. The third kappa shape index (κ3) is 11.8. The quantitative estimate of drug-likeness (QED) is 0.0953. The van der Waals surface area contributed by atoms with Gasteiger partial charge >= 0.3 is 11.9 Å². The van der Waals surface area contributed by atoms with Crippen LogP contribution in [0.1, 0.15) is 97.0 Å². The molecule has 20 nitrogen and oxygen atoms in total. The summed E-state index contributed by atoms with van der Waals surface area (Å²) < 4.78 is 11.3. The van der Waals surface area contributed by atoms with E-state index in [1.54, 1.807) is 28.1 Å². The summed E-state index contributed by atoms with van der Waals surface area (Å²) in [4.78, 5) is 80.0. The van der Waals surface area contributed by atoms with Crippen LogP contribution >= 0.6 is 45.9 Å². The van der Waals surface area contributed by atoms with E-state index in [4.69, 9.17) is 42.4 Å². The lowest BCUT2D eigenvalue weighted by Gasteiger charge is -2.37. The summed E-state index contributed by atoms with van der Waals surface area (Å²) in [6, 6.07) is -0.433. The van der Waals surface area contributed by atoms with Gasteiger partial charge in [-0.15, -0.1) is 0 Å². The number of carboxylic acid groups (broad SMARTS) is 2. The molecule has 4 aliphatic heterocycles. The number of amides is 2. The van der Waals surface area contributed by atoms with Gasteiger partial charge in [-0.3, -0.25) is 9.59 Å². The van der Waals surface area contributed by atoms with Crippen LogP contribution in [0.4, 0.5) is 10.3 Å². The number of oxime groups is 2. The molecule has 4 aliphatic rings. The summed E-state index contributed by atoms with van der Waals surface area (Å²) in [5, 5.41) is 34.7. The number of hydrogen-bond donors (Lipinski definition) is 4. The van der Waals surface area contributed by atoms with Gasteiger partial charge in [-0.2, -0.15) is 0 Å². The van der Waals surface area contributed by atoms with Gasteiger partial charge in [-0.05, 0) is 50.7 Å². The average Bonchev–Trinajstić information content (AvgIpc) is 4.09. The molecule has 0 aromatic carbocycles. The Hall–Kier alpha value is -5.00. The number of nitrogens with zero attached hydrogens (tertiary/aromatic N) is 8. The number of rotatable bonds is 16. The molecule has 6 rings (SSSR count). The van der Waals surface area contributed by atoms with Crippen molar-refractivity contribution < 1.29 is 48.5 Å². The predicted molar refractivity (Wildman–Crippen MR) is 246 cm³/mol. The second-order valence-electron chi connectivity index (χ2n) is 14.8. The Morgan fingerprint density at radius 2 is 1.08 bits per heavy atom. The maximum absolute atomic E-state index is 12.7. The van der Waals surface area contributed by atoms with E-state index in [-0.39, 0.29) is 47.5 Å². The fraction of sp³-hybridized carbons (Fsp3) is 0.550. The van der Waals surface area contributed by atoms with E-state index in [1.807, 2.05) is 23.6 Å². The van der Waals surface area contributed by atoms with E-state index in [9.17, 15) is 29.4 Å². The van der Waals surface area contributed by atoms with Crippen LogP contribution in [0.15, 0.2) is 41.8 Å². The molecule has 2 saturated heterocycles. The van der Waals surface area contributed by atoms with E-state index < -0.39 is 11.9 Å². The van der Waals surface area contributed by atoms with Crippen LogP contribution in [0.25, 0.3) is 0 Å². The van der Waals surface area contributed by atoms with Crippen molar-refractivity contribution in [2.75, 3.05) is 64.4 Å². The molecule has 348 valence electrons. The molecular weight excluding hydrogens is 916 g/mol. The zero-order valence-electron chi connectivity index (χ0n) is 36.7. The van der Waals surface area contributed by atoms with Crippen LogP contribution in [-0.2, 0) is 28.7 Å². The molecule has 4 N–H and O–H groups in total. The Balaban J connectivity index is 0.000000241. The number of thiazole rings is 2. The number of methoxy groups -OCH3 is 2. The molecule has 24 heteroatoms. The first kappa shape index (κ1) is 50.0. The number of aromatic carboxylic acids is 2. The van der Waals surface area contributed by atoms with Crippen molar-refractivity contribution in [2.24, 2.45) is 20.3 Å². The number of ether oxygens (including phenoxy) is 2. The van der Waals surface area contributed by atoms with Gasteiger partial charge in [0.25, 0.3) is 11.8 Å². The minimum Gasteiger partial charge on any atom is -0.476 e. The highest BCUT2D eigenvalue weighted by molar-refractivity contribution is 7.18. The maximum Gasteiger partial charge on any atom is 0.356 e. The second-order valence-corrected chi connectivity index (χ2v) is 17.5. The van der Waals surface area contributed by atoms with E-state index in [0.717, 1.165) is 24.0 Å². The number of anilines is 2. The fourth-order valence-electron chi connectivity index (χ4n) is 7.35. The van der Waals surface area contributed by atoms with Gasteiger partial charge < -0.3 is 49.8 Å². The molecule has 2 aromatic heterocycles. The van der Waals surface area contributed by atoms with Gasteiger partial charge in [-0.1, -0.05) is 70.0 Å². The molecule has 2 amide bonds. The van der Waals surface area contributed by atoms with Crippen molar-refractivity contribution in [3.63, 3.8) is 0 Å². The van der Waals surface area contributed by atoms with Crippen LogP contribution < -0.4 is 20.4 Å². The Labute approximate surface area is 388 Å². The first-order valence-corrected chi connectivity index (χ1v) is 22.7. The molecule has 6 heterocycles. The molecule has 2 aromatic rings. The Morgan fingerprint density at radius 3 is 1.38 bits per heavy atom. The van der Waals surface area contributed by atoms with Crippen LogP contribution in [0.5, 0.6) is 0 Å². The number of aromatic nitrogens is 2. The highest BCUT2D eigenvalue weighted by atomic mass is 35.5. The van der Waals surface area contributed by atoms with E-state index in [2.05, 4.69) is 40.9 Å². The van der Waals surface area contributed by atoms with Crippen molar-refractivity contribution in [3.8, 4) is 0 Å². The average molecular weight is 968 g/mol. The molecule has 2 fully saturated rings. The molecule has 0 saturated carbocycles. The first-order chi connectivity index (χ1) is 30.6. The van der Waals surface area contributed by atoms with Gasteiger partial charge in [0.15, 0.2) is 21.7 Å². The van der Waals surface area contributed by atoms with Gasteiger partial charge in [-0.25, -0.2) is 29.5 Å². The van der Waals surface area contributed by atoms with E-state index in [0.29, 0.717) is 105 Å². The molecule has 64 heavy (non-hydrogen) atoms. The fourth-order valence-corrected chi connectivity index (χ4v) is 10.0. The number of halogens is 2. The Morgan fingerprint density at radius 1 is 0.703 bits per heavy atom. The number of piperidine rings is 2. The maximum atomic E-state index is 12.7. The number of hydrogen-bond acceptors (Lipinski definition) is 18. The number of nitrogens with one attached hydrogen (secondary N) is 2. The monoisotopic (exact) mass is 966 g/mol. The largest absolute Gasteiger partial charge is 0.476 e. The van der Waals surface area contributed by atoms with Crippen LogP contribution in [0.3, 0.4) is 0 Å². The van der Waals surface area contributed by atoms with Gasteiger partial charge in [0.2, 0.25) is 0 Å². The molecule has 0 radical (unpaired) electrons. The highest BCUT2D eigenvalue weighted by Crippen LogP contribution is 2.33. The Kier molecular flexibility index (Phi) is 17.8. The minimum absolute atomic E-state index is 0.0666. The number of carbonyl (C=O) groups is 4. The van der Waals surface area contributed by atoms with Crippen LogP contribution in [-0.4, -0.2) is 146 Å². The topological polar surface area (TPSA) is 251 Å². The third-order valence-corrected chi connectivity index (χ3v) is 14.0. The number of carbonyl (C=O) groups excluding carboxylic acids is 2. The first-order valence-electron chi connectivity index (χ1n) is 20.3. The van der Waals surface area contributed by atoms with Crippen molar-refractivity contribution in [3.05, 3.63) is 42.6 Å². The zero-order chi connectivity index (χ0) is 46.8. The van der Waals surface area contributed by atoms with E-state index in [1.165, 1.54) is 36.9 Å². The van der Waals surface area contributed by atoms with Crippen molar-refractivity contribution in [1.82, 2.24) is 20.6 Å². The molecule has 0 aliphatic carbocycles. The Bertz CT molecular complexity index is 2130. The van der Waals surface area contributed by atoms with Crippen molar-refractivity contribution in [2.45, 2.75) is 90.5 Å². The van der Waals surface area contributed by atoms with Crippen LogP contribution in [0.2, 0.25) is 0 Å². The van der Waals surface area contributed by atoms with Crippen molar-refractivity contribution >= 4 is 103 Å². The summed E-state index contributed by atoms with van der Waals surface area (Å²) >= 11 is 14.7. The summed E-state index contributed by atoms with van der Waals surface area (Å²) in [6.07, 6.45) is 3.00. The lowest BCUT2D eigenvalue weighted by molar-refractivity contribution is -0.117. The summed E-state index contributed by atoms with van der Waals surface area (Å²) in [7, 11) is 5.97. The summed E-state index contributed by atoms with van der Waals surface area (Å²) in [5.74, 6) is -2.75.